The average molecular weight is 473 g/mol. The molecule has 8 heteroatoms. The molecule has 0 aliphatic carbocycles. The molecule has 0 bridgehead atoms. The zero-order valence-corrected chi connectivity index (χ0v) is 19.7. The molecule has 0 atom stereocenters. The second-order valence-corrected chi connectivity index (χ2v) is 9.74. The SMILES string of the molecule is COc1cccc(N(C)C(=O)CN(Cc2ccc(Cl)cc2)S(=O)(=O)c2ccc(C)cc2)c1. The van der Waals surface area contributed by atoms with Crippen molar-refractivity contribution in [3.63, 3.8) is 0 Å². The summed E-state index contributed by atoms with van der Waals surface area (Å²) in [5, 5.41) is 0.551. The number of ether oxygens (including phenoxy) is 1. The van der Waals surface area contributed by atoms with E-state index in [0.29, 0.717) is 16.5 Å². The van der Waals surface area contributed by atoms with E-state index in [0.717, 1.165) is 11.1 Å². The number of aryl methyl sites for hydroxylation is 1. The van der Waals surface area contributed by atoms with Gasteiger partial charge in [0.1, 0.15) is 5.75 Å². The number of nitrogens with zero attached hydrogens (tertiary/aromatic N) is 2. The van der Waals surface area contributed by atoms with Crippen molar-refractivity contribution in [2.24, 2.45) is 0 Å². The molecule has 0 N–H and O–H groups in total. The van der Waals surface area contributed by atoms with Crippen LogP contribution in [-0.4, -0.2) is 39.3 Å². The molecular weight excluding hydrogens is 448 g/mol. The van der Waals surface area contributed by atoms with Crippen molar-refractivity contribution in [2.75, 3.05) is 25.6 Å². The fourth-order valence-corrected chi connectivity index (χ4v) is 4.60. The van der Waals surface area contributed by atoms with Crippen LogP contribution < -0.4 is 9.64 Å². The Hall–Kier alpha value is -2.87. The third-order valence-corrected chi connectivity index (χ3v) is 7.12. The van der Waals surface area contributed by atoms with Gasteiger partial charge in [-0.15, -0.1) is 0 Å². The summed E-state index contributed by atoms with van der Waals surface area (Å²) < 4.78 is 33.2. The minimum absolute atomic E-state index is 0.0328. The maximum atomic E-state index is 13.4. The van der Waals surface area contributed by atoms with Gasteiger partial charge < -0.3 is 9.64 Å². The first-order valence-electron chi connectivity index (χ1n) is 9.92. The molecule has 0 radical (unpaired) electrons. The molecule has 0 saturated heterocycles. The summed E-state index contributed by atoms with van der Waals surface area (Å²) in [6.45, 7) is 1.59. The van der Waals surface area contributed by atoms with Crippen molar-refractivity contribution in [3.8, 4) is 5.75 Å². The van der Waals surface area contributed by atoms with Crippen LogP contribution in [-0.2, 0) is 21.4 Å². The minimum atomic E-state index is -3.92. The summed E-state index contributed by atoms with van der Waals surface area (Å²) in [5.41, 5.74) is 2.28. The largest absolute Gasteiger partial charge is 0.497 e. The standard InChI is InChI=1S/C24H25ClN2O4S/c1-18-7-13-23(14-8-18)32(29,30)27(16-19-9-11-20(25)12-10-19)17-24(28)26(2)21-5-4-6-22(15-21)31-3/h4-15H,16-17H2,1-3H3. The summed E-state index contributed by atoms with van der Waals surface area (Å²) in [4.78, 5) is 14.6. The molecule has 0 aliphatic heterocycles. The summed E-state index contributed by atoms with van der Waals surface area (Å²) in [5.74, 6) is 0.232. The summed E-state index contributed by atoms with van der Waals surface area (Å²) in [6.07, 6.45) is 0. The number of benzene rings is 3. The molecule has 1 amide bonds. The smallest absolute Gasteiger partial charge is 0.243 e. The van der Waals surface area contributed by atoms with Crippen LogP contribution >= 0.6 is 11.6 Å². The van der Waals surface area contributed by atoms with Crippen molar-refractivity contribution in [2.45, 2.75) is 18.4 Å². The molecule has 6 nitrogen and oxygen atoms in total. The third-order valence-electron chi connectivity index (χ3n) is 5.06. The highest BCUT2D eigenvalue weighted by atomic mass is 35.5. The third kappa shape index (κ3) is 5.68. The van der Waals surface area contributed by atoms with Crippen molar-refractivity contribution in [1.29, 1.82) is 0 Å². The second kappa shape index (κ2) is 10.2. The molecule has 3 aromatic carbocycles. The van der Waals surface area contributed by atoms with E-state index in [4.69, 9.17) is 16.3 Å². The van der Waals surface area contributed by atoms with Crippen molar-refractivity contribution < 1.29 is 17.9 Å². The van der Waals surface area contributed by atoms with Gasteiger partial charge in [0.15, 0.2) is 0 Å². The van der Waals surface area contributed by atoms with Crippen LogP contribution in [0.4, 0.5) is 5.69 Å². The molecule has 32 heavy (non-hydrogen) atoms. The fraction of sp³-hybridized carbons (Fsp3) is 0.208. The van der Waals surface area contributed by atoms with E-state index in [2.05, 4.69) is 0 Å². The first-order chi connectivity index (χ1) is 15.2. The van der Waals surface area contributed by atoms with Gasteiger partial charge in [0.2, 0.25) is 15.9 Å². The van der Waals surface area contributed by atoms with Crippen molar-refractivity contribution in [3.05, 3.63) is 88.9 Å². The number of likely N-dealkylation sites (N-methyl/N-ethyl adjacent to an activating group) is 1. The molecule has 0 spiro atoms. The summed E-state index contributed by atoms with van der Waals surface area (Å²) in [7, 11) is -0.770. The molecule has 0 aliphatic rings. The second-order valence-electron chi connectivity index (χ2n) is 7.37. The number of halogens is 1. The Labute approximate surface area is 194 Å². The maximum absolute atomic E-state index is 13.4. The number of hydrogen-bond donors (Lipinski definition) is 0. The van der Waals surface area contributed by atoms with Crippen LogP contribution in [0.3, 0.4) is 0 Å². The van der Waals surface area contributed by atoms with Gasteiger partial charge in [-0.05, 0) is 48.9 Å². The van der Waals surface area contributed by atoms with Gasteiger partial charge in [0.05, 0.1) is 18.6 Å². The molecule has 0 fully saturated rings. The lowest BCUT2D eigenvalue weighted by Crippen LogP contribution is -2.41. The number of rotatable bonds is 8. The Morgan fingerprint density at radius 3 is 2.28 bits per heavy atom. The van der Waals surface area contributed by atoms with Crippen LogP contribution in [0, 0.1) is 6.92 Å². The molecule has 168 valence electrons. The predicted octanol–water partition coefficient (Wildman–Crippen LogP) is 4.51. The monoisotopic (exact) mass is 472 g/mol. The first kappa shape index (κ1) is 23.8. The quantitative estimate of drug-likeness (QED) is 0.483. The topological polar surface area (TPSA) is 66.9 Å². The van der Waals surface area contributed by atoms with E-state index in [1.165, 1.54) is 9.21 Å². The molecule has 3 rings (SSSR count). The number of methoxy groups -OCH3 is 1. The molecular formula is C24H25ClN2O4S. The van der Waals surface area contributed by atoms with E-state index in [1.807, 2.05) is 6.92 Å². The summed E-state index contributed by atoms with van der Waals surface area (Å²) >= 11 is 5.96. The predicted molar refractivity (Wildman–Crippen MR) is 127 cm³/mol. The van der Waals surface area contributed by atoms with E-state index >= 15 is 0 Å². The molecule has 0 saturated carbocycles. The number of carbonyl (C=O) groups excluding carboxylic acids is 1. The van der Waals surface area contributed by atoms with Gasteiger partial charge in [-0.3, -0.25) is 4.79 Å². The van der Waals surface area contributed by atoms with Crippen molar-refractivity contribution >= 4 is 33.2 Å². The lowest BCUT2D eigenvalue weighted by Gasteiger charge is -2.25. The van der Waals surface area contributed by atoms with Gasteiger partial charge in [0, 0.05) is 30.4 Å². The molecule has 0 unspecified atom stereocenters. The van der Waals surface area contributed by atoms with Gasteiger partial charge >= 0.3 is 0 Å². The fourth-order valence-electron chi connectivity index (χ4n) is 3.10. The molecule has 3 aromatic rings. The maximum Gasteiger partial charge on any atom is 0.243 e. The lowest BCUT2D eigenvalue weighted by molar-refractivity contribution is -0.118. The number of hydrogen-bond acceptors (Lipinski definition) is 4. The van der Waals surface area contributed by atoms with Gasteiger partial charge in [0.25, 0.3) is 0 Å². The van der Waals surface area contributed by atoms with Crippen LogP contribution in [0.15, 0.2) is 77.7 Å². The summed E-state index contributed by atoms with van der Waals surface area (Å²) in [6, 6.07) is 20.5. The van der Waals surface area contributed by atoms with E-state index < -0.39 is 10.0 Å². The Morgan fingerprint density at radius 1 is 1.00 bits per heavy atom. The Morgan fingerprint density at radius 2 is 1.66 bits per heavy atom. The van der Waals surface area contributed by atoms with E-state index in [9.17, 15) is 13.2 Å². The molecule has 0 heterocycles. The van der Waals surface area contributed by atoms with E-state index in [-0.39, 0.29) is 23.9 Å². The Kier molecular flexibility index (Phi) is 7.56. The zero-order chi connectivity index (χ0) is 23.3. The lowest BCUT2D eigenvalue weighted by atomic mass is 10.2. The first-order valence-corrected chi connectivity index (χ1v) is 11.7. The normalized spacial score (nSPS) is 11.4. The van der Waals surface area contributed by atoms with E-state index in [1.54, 1.807) is 87.0 Å². The highest BCUT2D eigenvalue weighted by Gasteiger charge is 2.28. The van der Waals surface area contributed by atoms with Crippen LogP contribution in [0.25, 0.3) is 0 Å². The van der Waals surface area contributed by atoms with Crippen LogP contribution in [0.2, 0.25) is 5.02 Å². The van der Waals surface area contributed by atoms with Crippen molar-refractivity contribution in [1.82, 2.24) is 4.31 Å². The number of sulfonamides is 1. The van der Waals surface area contributed by atoms with Crippen LogP contribution in [0.5, 0.6) is 5.75 Å². The number of carbonyl (C=O) groups is 1. The molecule has 0 aromatic heterocycles. The zero-order valence-electron chi connectivity index (χ0n) is 18.2. The Bertz CT molecular complexity index is 1180. The Balaban J connectivity index is 1.91. The van der Waals surface area contributed by atoms with Crippen LogP contribution in [0.1, 0.15) is 11.1 Å². The van der Waals surface area contributed by atoms with Gasteiger partial charge in [-0.1, -0.05) is 47.5 Å². The van der Waals surface area contributed by atoms with Gasteiger partial charge in [-0.2, -0.15) is 4.31 Å². The number of amides is 1. The average Bonchev–Trinajstić information content (AvgIpc) is 2.79. The number of anilines is 1. The highest BCUT2D eigenvalue weighted by Crippen LogP contribution is 2.23. The minimum Gasteiger partial charge on any atom is -0.497 e. The highest BCUT2D eigenvalue weighted by molar-refractivity contribution is 7.89. The van der Waals surface area contributed by atoms with Gasteiger partial charge in [-0.25, -0.2) is 8.42 Å².